The van der Waals surface area contributed by atoms with Crippen LogP contribution in [0.2, 0.25) is 0 Å². The van der Waals surface area contributed by atoms with Crippen LogP contribution in [0.5, 0.6) is 5.75 Å². The number of aromatic nitrogens is 1. The molecule has 3 aromatic rings. The van der Waals surface area contributed by atoms with Crippen LogP contribution in [0.15, 0.2) is 56.6 Å². The standard InChI is InChI=1S/C22H28N4O3.HI/c1-16-21(17(2)29-26-16)15-25-22(24-13-11-20-5-4-14-28-20)23-12-10-18-6-8-19(27-3)9-7-18;/h4-9,14H,10-13,15H2,1-3H3,(H2,23,24,25);1H. The molecule has 0 bridgehead atoms. The molecule has 30 heavy (non-hydrogen) atoms. The number of aliphatic imine (C=N–C) groups is 1. The highest BCUT2D eigenvalue weighted by Gasteiger charge is 2.09. The minimum Gasteiger partial charge on any atom is -0.497 e. The second kappa shape index (κ2) is 12.3. The van der Waals surface area contributed by atoms with Gasteiger partial charge in [-0.2, -0.15) is 0 Å². The Morgan fingerprint density at radius 2 is 1.80 bits per heavy atom. The van der Waals surface area contributed by atoms with E-state index in [0.29, 0.717) is 6.54 Å². The van der Waals surface area contributed by atoms with E-state index in [0.717, 1.165) is 60.4 Å². The number of hydrogen-bond donors (Lipinski definition) is 2. The van der Waals surface area contributed by atoms with E-state index in [1.54, 1.807) is 13.4 Å². The molecular formula is C22H29IN4O3. The van der Waals surface area contributed by atoms with Crippen molar-refractivity contribution < 1.29 is 13.7 Å². The molecule has 0 fully saturated rings. The average molecular weight is 524 g/mol. The summed E-state index contributed by atoms with van der Waals surface area (Å²) in [4.78, 5) is 4.71. The number of aryl methyl sites for hydroxylation is 2. The number of furan rings is 1. The molecule has 0 aliphatic heterocycles. The molecule has 7 nitrogen and oxygen atoms in total. The smallest absolute Gasteiger partial charge is 0.191 e. The predicted molar refractivity (Wildman–Crippen MR) is 128 cm³/mol. The summed E-state index contributed by atoms with van der Waals surface area (Å²) in [6.45, 7) is 5.85. The molecule has 0 aliphatic carbocycles. The first-order valence-corrected chi connectivity index (χ1v) is 9.75. The SMILES string of the molecule is COc1ccc(CCNC(=NCc2c(C)noc2C)NCCc2ccco2)cc1.I. The number of halogens is 1. The number of guanidine groups is 1. The first kappa shape index (κ1) is 23.8. The van der Waals surface area contributed by atoms with Crippen LogP contribution < -0.4 is 15.4 Å². The van der Waals surface area contributed by atoms with E-state index in [1.807, 2.05) is 38.1 Å². The zero-order valence-electron chi connectivity index (χ0n) is 17.6. The Kier molecular flexibility index (Phi) is 9.72. The minimum absolute atomic E-state index is 0. The molecule has 0 saturated carbocycles. The van der Waals surface area contributed by atoms with E-state index in [4.69, 9.17) is 18.7 Å². The monoisotopic (exact) mass is 524 g/mol. The summed E-state index contributed by atoms with van der Waals surface area (Å²) in [6.07, 6.45) is 3.36. The van der Waals surface area contributed by atoms with Crippen molar-refractivity contribution in [2.24, 2.45) is 4.99 Å². The largest absolute Gasteiger partial charge is 0.497 e. The van der Waals surface area contributed by atoms with Gasteiger partial charge < -0.3 is 24.3 Å². The summed E-state index contributed by atoms with van der Waals surface area (Å²) >= 11 is 0. The van der Waals surface area contributed by atoms with Crippen molar-refractivity contribution in [3.8, 4) is 5.75 Å². The highest BCUT2D eigenvalue weighted by molar-refractivity contribution is 14.0. The molecule has 0 atom stereocenters. The maximum atomic E-state index is 5.39. The van der Waals surface area contributed by atoms with Crippen molar-refractivity contribution in [2.45, 2.75) is 33.2 Å². The molecule has 3 rings (SSSR count). The van der Waals surface area contributed by atoms with E-state index in [9.17, 15) is 0 Å². The van der Waals surface area contributed by atoms with Crippen LogP contribution in [0.1, 0.15) is 28.3 Å². The highest BCUT2D eigenvalue weighted by Crippen LogP contribution is 2.13. The lowest BCUT2D eigenvalue weighted by atomic mass is 10.1. The molecule has 0 radical (unpaired) electrons. The van der Waals surface area contributed by atoms with Gasteiger partial charge in [-0.25, -0.2) is 4.99 Å². The lowest BCUT2D eigenvalue weighted by Crippen LogP contribution is -2.39. The summed E-state index contributed by atoms with van der Waals surface area (Å²) < 4.78 is 15.8. The lowest BCUT2D eigenvalue weighted by Gasteiger charge is -2.12. The Balaban J connectivity index is 0.00000320. The lowest BCUT2D eigenvalue weighted by molar-refractivity contribution is 0.392. The van der Waals surface area contributed by atoms with E-state index in [-0.39, 0.29) is 24.0 Å². The molecule has 0 saturated heterocycles. The van der Waals surface area contributed by atoms with Gasteiger partial charge in [-0.05, 0) is 50.1 Å². The fourth-order valence-corrected chi connectivity index (χ4v) is 2.94. The zero-order chi connectivity index (χ0) is 20.5. The number of methoxy groups -OCH3 is 1. The molecule has 0 amide bonds. The predicted octanol–water partition coefficient (Wildman–Crippen LogP) is 4.03. The van der Waals surface area contributed by atoms with Gasteiger partial charge in [0.2, 0.25) is 0 Å². The Morgan fingerprint density at radius 1 is 1.07 bits per heavy atom. The van der Waals surface area contributed by atoms with Gasteiger partial charge in [-0.3, -0.25) is 0 Å². The number of hydrogen-bond acceptors (Lipinski definition) is 5. The van der Waals surface area contributed by atoms with Gasteiger partial charge in [0, 0.05) is 25.1 Å². The molecule has 2 heterocycles. The Hall–Kier alpha value is -2.49. The molecule has 0 spiro atoms. The summed E-state index contributed by atoms with van der Waals surface area (Å²) in [5.74, 6) is 3.37. The second-order valence-electron chi connectivity index (χ2n) is 6.75. The maximum absolute atomic E-state index is 5.39. The number of rotatable bonds is 9. The van der Waals surface area contributed by atoms with Crippen molar-refractivity contribution in [3.05, 3.63) is 71.0 Å². The molecule has 162 valence electrons. The number of benzene rings is 1. The average Bonchev–Trinajstić information content (AvgIpc) is 3.36. The van der Waals surface area contributed by atoms with Crippen molar-refractivity contribution in [1.82, 2.24) is 15.8 Å². The van der Waals surface area contributed by atoms with E-state index >= 15 is 0 Å². The van der Waals surface area contributed by atoms with Gasteiger partial charge in [-0.1, -0.05) is 17.3 Å². The van der Waals surface area contributed by atoms with E-state index < -0.39 is 0 Å². The molecule has 0 aliphatic rings. The third kappa shape index (κ3) is 7.08. The van der Waals surface area contributed by atoms with Crippen LogP contribution in [-0.4, -0.2) is 31.3 Å². The van der Waals surface area contributed by atoms with Gasteiger partial charge >= 0.3 is 0 Å². The molecule has 1 aromatic carbocycles. The van der Waals surface area contributed by atoms with Crippen LogP contribution in [0, 0.1) is 13.8 Å². The molecular weight excluding hydrogens is 495 g/mol. The molecule has 8 heteroatoms. The van der Waals surface area contributed by atoms with Gasteiger partial charge in [0.1, 0.15) is 17.3 Å². The summed E-state index contributed by atoms with van der Waals surface area (Å²) in [5, 5.41) is 10.8. The summed E-state index contributed by atoms with van der Waals surface area (Å²) in [5.41, 5.74) is 3.13. The second-order valence-corrected chi connectivity index (χ2v) is 6.75. The zero-order valence-corrected chi connectivity index (χ0v) is 19.9. The van der Waals surface area contributed by atoms with Crippen molar-refractivity contribution >= 4 is 29.9 Å². The van der Waals surface area contributed by atoms with Crippen LogP contribution in [0.3, 0.4) is 0 Å². The van der Waals surface area contributed by atoms with Gasteiger partial charge in [-0.15, -0.1) is 24.0 Å². The summed E-state index contributed by atoms with van der Waals surface area (Å²) in [7, 11) is 1.67. The molecule has 0 unspecified atom stereocenters. The van der Waals surface area contributed by atoms with E-state index in [2.05, 4.69) is 27.9 Å². The number of nitrogens with one attached hydrogen (secondary N) is 2. The van der Waals surface area contributed by atoms with Crippen LogP contribution in [0.4, 0.5) is 0 Å². The minimum atomic E-state index is 0. The number of nitrogens with zero attached hydrogens (tertiary/aromatic N) is 2. The Bertz CT molecular complexity index is 886. The van der Waals surface area contributed by atoms with Gasteiger partial charge in [0.05, 0.1) is 25.6 Å². The first-order valence-electron chi connectivity index (χ1n) is 9.75. The molecule has 2 N–H and O–H groups in total. The first-order chi connectivity index (χ1) is 14.2. The van der Waals surface area contributed by atoms with Gasteiger partial charge in [0.25, 0.3) is 0 Å². The van der Waals surface area contributed by atoms with Crippen molar-refractivity contribution in [3.63, 3.8) is 0 Å². The Morgan fingerprint density at radius 3 is 2.40 bits per heavy atom. The topological polar surface area (TPSA) is 84.8 Å². The van der Waals surface area contributed by atoms with Gasteiger partial charge in [0.15, 0.2) is 5.96 Å². The highest BCUT2D eigenvalue weighted by atomic mass is 127. The third-order valence-corrected chi connectivity index (χ3v) is 4.69. The molecule has 2 aromatic heterocycles. The fraction of sp³-hybridized carbons (Fsp3) is 0.364. The normalized spacial score (nSPS) is 11.1. The Labute approximate surface area is 194 Å². The van der Waals surface area contributed by atoms with Crippen LogP contribution in [0.25, 0.3) is 0 Å². The van der Waals surface area contributed by atoms with Crippen molar-refractivity contribution in [1.29, 1.82) is 0 Å². The maximum Gasteiger partial charge on any atom is 0.191 e. The van der Waals surface area contributed by atoms with E-state index in [1.165, 1.54) is 5.56 Å². The fourth-order valence-electron chi connectivity index (χ4n) is 2.94. The third-order valence-electron chi connectivity index (χ3n) is 4.69. The summed E-state index contributed by atoms with van der Waals surface area (Å²) in [6, 6.07) is 12.0. The van der Waals surface area contributed by atoms with Crippen molar-refractivity contribution in [2.75, 3.05) is 20.2 Å². The quantitative estimate of drug-likeness (QED) is 0.250. The van der Waals surface area contributed by atoms with Crippen LogP contribution in [-0.2, 0) is 19.4 Å². The number of ether oxygens (including phenoxy) is 1. The van der Waals surface area contributed by atoms with Crippen LogP contribution >= 0.6 is 24.0 Å².